The number of hydrogen-bond donors (Lipinski definition) is 2. The number of hydrogen-bond acceptors (Lipinski definition) is 3. The van der Waals surface area contributed by atoms with E-state index in [1.165, 1.54) is 12.8 Å². The Morgan fingerprint density at radius 2 is 2.00 bits per heavy atom. The van der Waals surface area contributed by atoms with Gasteiger partial charge in [0.15, 0.2) is 17.5 Å². The normalized spacial score (nSPS) is 15.4. The molecule has 2 rings (SSSR count). The first kappa shape index (κ1) is 19.9. The summed E-state index contributed by atoms with van der Waals surface area (Å²) in [6, 6.07) is 6.21. The molecular weight excluding hydrogens is 405 g/mol. The van der Waals surface area contributed by atoms with E-state index in [1.807, 2.05) is 32.0 Å². The largest absolute Gasteiger partial charge is 0.493 e. The minimum absolute atomic E-state index is 0. The Kier molecular flexibility index (Phi) is 8.51. The van der Waals surface area contributed by atoms with Crippen molar-refractivity contribution in [3.63, 3.8) is 0 Å². The second-order valence-electron chi connectivity index (χ2n) is 6.01. The van der Waals surface area contributed by atoms with Crippen LogP contribution in [-0.4, -0.2) is 25.2 Å². The van der Waals surface area contributed by atoms with Gasteiger partial charge in [-0.2, -0.15) is 0 Å². The molecule has 0 aliphatic heterocycles. The Hall–Kier alpha value is -1.18. The number of guanidine groups is 1. The van der Waals surface area contributed by atoms with Crippen molar-refractivity contribution in [3.8, 4) is 11.5 Å². The first-order valence-electron chi connectivity index (χ1n) is 7.98. The highest BCUT2D eigenvalue weighted by molar-refractivity contribution is 14.0. The Bertz CT molecular complexity index is 515. The molecule has 0 bridgehead atoms. The highest BCUT2D eigenvalue weighted by Gasteiger charge is 2.18. The predicted molar refractivity (Wildman–Crippen MR) is 105 cm³/mol. The molecule has 0 radical (unpaired) electrons. The lowest BCUT2D eigenvalue weighted by molar-refractivity contribution is 0.200. The zero-order valence-corrected chi connectivity index (χ0v) is 16.5. The first-order chi connectivity index (χ1) is 10.6. The smallest absolute Gasteiger partial charge is 0.189 e. The zero-order valence-electron chi connectivity index (χ0n) is 14.2. The molecule has 0 amide bonds. The lowest BCUT2D eigenvalue weighted by atomic mass is 10.2. The summed E-state index contributed by atoms with van der Waals surface area (Å²) in [5, 5.41) is 3.08. The van der Waals surface area contributed by atoms with Gasteiger partial charge in [0.2, 0.25) is 0 Å². The van der Waals surface area contributed by atoms with Crippen molar-refractivity contribution < 1.29 is 9.47 Å². The monoisotopic (exact) mass is 433 g/mol. The van der Waals surface area contributed by atoms with Gasteiger partial charge in [0.1, 0.15) is 0 Å². The number of nitrogens with one attached hydrogen (secondary N) is 1. The molecule has 1 saturated carbocycles. The molecule has 0 saturated heterocycles. The molecule has 23 heavy (non-hydrogen) atoms. The molecular formula is C17H28IN3O2. The Balaban J connectivity index is 0.00000264. The van der Waals surface area contributed by atoms with Crippen LogP contribution in [0.15, 0.2) is 23.2 Å². The summed E-state index contributed by atoms with van der Waals surface area (Å²) in [7, 11) is 1.67. The third kappa shape index (κ3) is 6.45. The summed E-state index contributed by atoms with van der Waals surface area (Å²) in [5.74, 6) is 2.04. The molecule has 1 aromatic carbocycles. The summed E-state index contributed by atoms with van der Waals surface area (Å²) >= 11 is 0. The molecule has 130 valence electrons. The van der Waals surface area contributed by atoms with Crippen molar-refractivity contribution in [2.75, 3.05) is 7.11 Å². The number of aliphatic imine (C=N–C) groups is 1. The first-order valence-corrected chi connectivity index (χ1v) is 7.98. The fraction of sp³-hybridized carbons (Fsp3) is 0.588. The molecule has 0 unspecified atom stereocenters. The van der Waals surface area contributed by atoms with E-state index >= 15 is 0 Å². The second kappa shape index (κ2) is 9.85. The van der Waals surface area contributed by atoms with E-state index in [-0.39, 0.29) is 30.0 Å². The molecule has 0 spiro atoms. The Labute approximate surface area is 156 Å². The minimum Gasteiger partial charge on any atom is -0.493 e. The molecule has 0 heterocycles. The van der Waals surface area contributed by atoms with Crippen molar-refractivity contribution in [2.24, 2.45) is 10.7 Å². The lowest BCUT2D eigenvalue weighted by Gasteiger charge is -2.16. The maximum absolute atomic E-state index is 6.09. The van der Waals surface area contributed by atoms with Crippen molar-refractivity contribution in [3.05, 3.63) is 23.8 Å². The average Bonchev–Trinajstić information content (AvgIpc) is 2.97. The van der Waals surface area contributed by atoms with Gasteiger partial charge in [0, 0.05) is 6.04 Å². The van der Waals surface area contributed by atoms with Gasteiger partial charge in [-0.15, -0.1) is 24.0 Å². The number of rotatable bonds is 6. The molecule has 1 aliphatic carbocycles. The van der Waals surface area contributed by atoms with Gasteiger partial charge in [-0.05, 0) is 57.2 Å². The zero-order chi connectivity index (χ0) is 15.9. The van der Waals surface area contributed by atoms with Crippen LogP contribution in [0, 0.1) is 0 Å². The Morgan fingerprint density at radius 3 is 2.61 bits per heavy atom. The van der Waals surface area contributed by atoms with Crippen molar-refractivity contribution in [1.29, 1.82) is 0 Å². The van der Waals surface area contributed by atoms with E-state index in [9.17, 15) is 0 Å². The van der Waals surface area contributed by atoms with Gasteiger partial charge in [0.25, 0.3) is 0 Å². The van der Waals surface area contributed by atoms with Gasteiger partial charge in [0.05, 0.1) is 19.8 Å². The lowest BCUT2D eigenvalue weighted by Crippen LogP contribution is -2.36. The Morgan fingerprint density at radius 1 is 1.30 bits per heavy atom. The SMILES string of the molecule is COc1ccc(CN=C(N)NC(C)C)cc1OC1CCCC1.I. The summed E-state index contributed by atoms with van der Waals surface area (Å²) < 4.78 is 11.5. The van der Waals surface area contributed by atoms with Crippen LogP contribution in [0.5, 0.6) is 11.5 Å². The van der Waals surface area contributed by atoms with Gasteiger partial charge in [-0.1, -0.05) is 6.07 Å². The molecule has 6 heteroatoms. The fourth-order valence-electron chi connectivity index (χ4n) is 2.62. The minimum atomic E-state index is 0. The highest BCUT2D eigenvalue weighted by atomic mass is 127. The number of methoxy groups -OCH3 is 1. The van der Waals surface area contributed by atoms with E-state index in [0.29, 0.717) is 18.6 Å². The van der Waals surface area contributed by atoms with Crippen LogP contribution in [0.3, 0.4) is 0 Å². The maximum Gasteiger partial charge on any atom is 0.189 e. The van der Waals surface area contributed by atoms with E-state index in [1.54, 1.807) is 7.11 Å². The van der Waals surface area contributed by atoms with Crippen LogP contribution in [0.1, 0.15) is 45.1 Å². The summed E-state index contributed by atoms with van der Waals surface area (Å²) in [4.78, 5) is 4.35. The van der Waals surface area contributed by atoms with Gasteiger partial charge in [-0.25, -0.2) is 4.99 Å². The molecule has 0 aromatic heterocycles. The van der Waals surface area contributed by atoms with Gasteiger partial charge < -0.3 is 20.5 Å². The molecule has 3 N–H and O–H groups in total. The summed E-state index contributed by atoms with van der Waals surface area (Å²) in [6.07, 6.45) is 5.04. The molecule has 1 aliphatic rings. The van der Waals surface area contributed by atoms with Crippen LogP contribution in [0.2, 0.25) is 0 Å². The summed E-state index contributed by atoms with van der Waals surface area (Å²) in [6.45, 7) is 4.59. The molecule has 5 nitrogen and oxygen atoms in total. The van der Waals surface area contributed by atoms with Crippen molar-refractivity contribution >= 4 is 29.9 Å². The maximum atomic E-state index is 6.09. The van der Waals surface area contributed by atoms with Crippen molar-refractivity contribution in [1.82, 2.24) is 5.32 Å². The third-order valence-corrected chi connectivity index (χ3v) is 3.69. The molecule has 1 aromatic rings. The quantitative estimate of drug-likeness (QED) is 0.410. The average molecular weight is 433 g/mol. The number of halogens is 1. The van der Waals surface area contributed by atoms with Crippen LogP contribution in [0.25, 0.3) is 0 Å². The number of nitrogens with zero attached hydrogens (tertiary/aromatic N) is 1. The molecule has 0 atom stereocenters. The van der Waals surface area contributed by atoms with Crippen LogP contribution < -0.4 is 20.5 Å². The van der Waals surface area contributed by atoms with E-state index in [2.05, 4.69) is 10.3 Å². The van der Waals surface area contributed by atoms with Crippen LogP contribution in [-0.2, 0) is 6.54 Å². The molecule has 1 fully saturated rings. The number of benzene rings is 1. The van der Waals surface area contributed by atoms with E-state index in [0.717, 1.165) is 29.9 Å². The summed E-state index contributed by atoms with van der Waals surface area (Å²) in [5.41, 5.74) is 6.89. The topological polar surface area (TPSA) is 68.9 Å². The third-order valence-electron chi connectivity index (χ3n) is 3.69. The number of nitrogens with two attached hydrogens (primary N) is 1. The van der Waals surface area contributed by atoms with Gasteiger partial charge >= 0.3 is 0 Å². The van der Waals surface area contributed by atoms with Gasteiger partial charge in [-0.3, -0.25) is 0 Å². The van der Waals surface area contributed by atoms with Crippen LogP contribution >= 0.6 is 24.0 Å². The van der Waals surface area contributed by atoms with E-state index < -0.39 is 0 Å². The fourth-order valence-corrected chi connectivity index (χ4v) is 2.62. The second-order valence-corrected chi connectivity index (χ2v) is 6.01. The number of ether oxygens (including phenoxy) is 2. The standard InChI is InChI=1S/C17H27N3O2.HI/c1-12(2)20-17(18)19-11-13-8-9-15(21-3)16(10-13)22-14-6-4-5-7-14;/h8-10,12,14H,4-7,11H2,1-3H3,(H3,18,19,20);1H. The van der Waals surface area contributed by atoms with Crippen LogP contribution in [0.4, 0.5) is 0 Å². The highest BCUT2D eigenvalue weighted by Crippen LogP contribution is 2.32. The predicted octanol–water partition coefficient (Wildman–Crippen LogP) is 3.45. The van der Waals surface area contributed by atoms with Crippen molar-refractivity contribution in [2.45, 2.75) is 58.2 Å². The van der Waals surface area contributed by atoms with E-state index in [4.69, 9.17) is 15.2 Å².